The lowest BCUT2D eigenvalue weighted by Crippen LogP contribution is -2.69. The van der Waals surface area contributed by atoms with Crippen molar-refractivity contribution in [1.29, 1.82) is 0 Å². The highest BCUT2D eigenvalue weighted by Gasteiger charge is 2.53. The normalized spacial score (nSPS) is 26.1. The maximum Gasteiger partial charge on any atom is 0.230 e. The van der Waals surface area contributed by atoms with Gasteiger partial charge in [0.15, 0.2) is 0 Å². The number of carbonyl (C=O) groups excluding carboxylic acids is 1. The lowest BCUT2D eigenvalue weighted by molar-refractivity contribution is -0.123. The average Bonchev–Trinajstić information content (AvgIpc) is 3.32. The molecule has 0 unspecified atom stereocenters. The molecule has 2 aromatic carbocycles. The summed E-state index contributed by atoms with van der Waals surface area (Å²) in [5.74, 6) is 1.57. The van der Waals surface area contributed by atoms with E-state index in [9.17, 15) is 9.90 Å². The number of carbonyl (C=O) groups is 1. The minimum atomic E-state index is 0.0600. The minimum absolute atomic E-state index is 0.0600. The molecule has 0 radical (unpaired) electrons. The van der Waals surface area contributed by atoms with Crippen LogP contribution in [0.4, 0.5) is 5.69 Å². The number of fused-ring (bicyclic) bond motifs is 3. The van der Waals surface area contributed by atoms with Gasteiger partial charge in [-0.3, -0.25) is 9.69 Å². The zero-order valence-corrected chi connectivity index (χ0v) is 17.5. The molecule has 5 heteroatoms. The number of nitrogens with zero attached hydrogens (tertiary/aromatic N) is 2. The first-order valence-electron chi connectivity index (χ1n) is 11.1. The molecule has 1 amide bonds. The SMILES string of the molecule is COc1ccccc1CN1[C@@H]2CN(C(=O)C3CCCC3)c3ccccc3[C@@H]2[C@@H]1CO. The maximum absolute atomic E-state index is 13.4. The Bertz CT molecular complexity index is 924. The molecular weight excluding hydrogens is 376 g/mol. The van der Waals surface area contributed by atoms with Gasteiger partial charge < -0.3 is 14.7 Å². The van der Waals surface area contributed by atoms with Gasteiger partial charge in [-0.05, 0) is 30.5 Å². The van der Waals surface area contributed by atoms with Gasteiger partial charge >= 0.3 is 0 Å². The van der Waals surface area contributed by atoms with E-state index in [0.29, 0.717) is 13.1 Å². The molecule has 1 saturated heterocycles. The van der Waals surface area contributed by atoms with Crippen LogP contribution in [0.15, 0.2) is 48.5 Å². The summed E-state index contributed by atoms with van der Waals surface area (Å²) in [7, 11) is 1.69. The number of likely N-dealkylation sites (tertiary alicyclic amines) is 1. The lowest BCUT2D eigenvalue weighted by Gasteiger charge is -2.59. The zero-order chi connectivity index (χ0) is 20.7. The van der Waals surface area contributed by atoms with E-state index in [0.717, 1.165) is 42.7 Å². The van der Waals surface area contributed by atoms with Crippen molar-refractivity contribution >= 4 is 11.6 Å². The Morgan fingerprint density at radius 2 is 1.83 bits per heavy atom. The highest BCUT2D eigenvalue weighted by atomic mass is 16.5. The van der Waals surface area contributed by atoms with Gasteiger partial charge in [0.25, 0.3) is 0 Å². The molecule has 2 aromatic rings. The van der Waals surface area contributed by atoms with Crippen LogP contribution >= 0.6 is 0 Å². The second kappa shape index (κ2) is 8.05. The highest BCUT2D eigenvalue weighted by Crippen LogP contribution is 2.49. The fourth-order valence-electron chi connectivity index (χ4n) is 5.83. The van der Waals surface area contributed by atoms with E-state index in [1.807, 2.05) is 29.2 Å². The summed E-state index contributed by atoms with van der Waals surface area (Å²) in [6.45, 7) is 1.52. The molecule has 5 rings (SSSR count). The van der Waals surface area contributed by atoms with Gasteiger partial charge in [0.1, 0.15) is 5.75 Å². The number of para-hydroxylation sites is 2. The molecule has 2 aliphatic heterocycles. The van der Waals surface area contributed by atoms with Crippen LogP contribution in [0.2, 0.25) is 0 Å². The van der Waals surface area contributed by atoms with E-state index in [-0.39, 0.29) is 36.4 Å². The summed E-state index contributed by atoms with van der Waals surface area (Å²) in [4.78, 5) is 17.8. The molecule has 158 valence electrons. The number of hydrogen-bond acceptors (Lipinski definition) is 4. The second-order valence-electron chi connectivity index (χ2n) is 8.82. The van der Waals surface area contributed by atoms with Crippen molar-refractivity contribution in [3.63, 3.8) is 0 Å². The Labute approximate surface area is 178 Å². The molecule has 5 nitrogen and oxygen atoms in total. The number of rotatable bonds is 5. The minimum Gasteiger partial charge on any atom is -0.496 e. The van der Waals surface area contributed by atoms with Crippen molar-refractivity contribution < 1.29 is 14.6 Å². The van der Waals surface area contributed by atoms with E-state index in [1.165, 1.54) is 5.56 Å². The summed E-state index contributed by atoms with van der Waals surface area (Å²) in [5.41, 5.74) is 3.37. The lowest BCUT2D eigenvalue weighted by atomic mass is 9.71. The van der Waals surface area contributed by atoms with Crippen LogP contribution in [0.5, 0.6) is 5.75 Å². The molecule has 2 heterocycles. The quantitative estimate of drug-likeness (QED) is 0.825. The van der Waals surface area contributed by atoms with E-state index in [1.54, 1.807) is 7.11 Å². The Hall–Kier alpha value is -2.37. The molecule has 0 bridgehead atoms. The number of benzene rings is 2. The monoisotopic (exact) mass is 406 g/mol. The average molecular weight is 407 g/mol. The molecule has 30 heavy (non-hydrogen) atoms. The number of aliphatic hydroxyl groups excluding tert-OH is 1. The first-order chi connectivity index (χ1) is 14.7. The predicted molar refractivity (Wildman–Crippen MR) is 117 cm³/mol. The first-order valence-corrected chi connectivity index (χ1v) is 11.1. The third-order valence-electron chi connectivity index (χ3n) is 7.34. The fourth-order valence-corrected chi connectivity index (χ4v) is 5.83. The van der Waals surface area contributed by atoms with Crippen LogP contribution in [0.3, 0.4) is 0 Å². The third kappa shape index (κ3) is 3.12. The van der Waals surface area contributed by atoms with Crippen LogP contribution < -0.4 is 9.64 Å². The summed E-state index contributed by atoms with van der Waals surface area (Å²) in [5, 5.41) is 10.2. The molecule has 0 spiro atoms. The molecule has 3 aliphatic rings. The summed E-state index contributed by atoms with van der Waals surface area (Å²) in [6.07, 6.45) is 4.33. The van der Waals surface area contributed by atoms with Crippen LogP contribution in [-0.2, 0) is 11.3 Å². The van der Waals surface area contributed by atoms with Crippen LogP contribution in [-0.4, -0.2) is 48.3 Å². The van der Waals surface area contributed by atoms with Crippen molar-refractivity contribution in [3.8, 4) is 5.75 Å². The van der Waals surface area contributed by atoms with Gasteiger partial charge in [0, 0.05) is 48.3 Å². The number of hydrogen-bond donors (Lipinski definition) is 1. The van der Waals surface area contributed by atoms with Gasteiger partial charge in [0.2, 0.25) is 5.91 Å². The van der Waals surface area contributed by atoms with Crippen molar-refractivity contribution in [2.45, 2.75) is 50.2 Å². The molecule has 1 saturated carbocycles. The van der Waals surface area contributed by atoms with Crippen molar-refractivity contribution in [2.75, 3.05) is 25.2 Å². The molecule has 1 N–H and O–H groups in total. The topological polar surface area (TPSA) is 53.0 Å². The molecule has 3 atom stereocenters. The Morgan fingerprint density at radius 3 is 2.60 bits per heavy atom. The second-order valence-corrected chi connectivity index (χ2v) is 8.82. The summed E-state index contributed by atoms with van der Waals surface area (Å²) in [6, 6.07) is 16.6. The first kappa shape index (κ1) is 19.6. The van der Waals surface area contributed by atoms with E-state index >= 15 is 0 Å². The molecular formula is C25H30N2O3. The van der Waals surface area contributed by atoms with E-state index < -0.39 is 0 Å². The van der Waals surface area contributed by atoms with E-state index in [2.05, 4.69) is 29.2 Å². The maximum atomic E-state index is 13.4. The summed E-state index contributed by atoms with van der Waals surface area (Å²) < 4.78 is 5.55. The van der Waals surface area contributed by atoms with Gasteiger partial charge in [-0.25, -0.2) is 0 Å². The summed E-state index contributed by atoms with van der Waals surface area (Å²) >= 11 is 0. The van der Waals surface area contributed by atoms with Crippen molar-refractivity contribution in [3.05, 3.63) is 59.7 Å². The standard InChI is InChI=1S/C25H30N2O3/c1-30-23-13-7-4-10-18(23)14-26-21-15-27(25(29)17-8-2-3-9-17)20-12-6-5-11-19(20)24(21)22(26)16-28/h4-7,10-13,17,21-22,24,28H,2-3,8-9,14-16H2,1H3/t21-,22+,24+/m1/s1. The number of ether oxygens (including phenoxy) is 1. The van der Waals surface area contributed by atoms with Crippen LogP contribution in [0.1, 0.15) is 42.7 Å². The van der Waals surface area contributed by atoms with Crippen molar-refractivity contribution in [2.24, 2.45) is 5.92 Å². The van der Waals surface area contributed by atoms with E-state index in [4.69, 9.17) is 4.74 Å². The van der Waals surface area contributed by atoms with Gasteiger partial charge in [-0.2, -0.15) is 0 Å². The largest absolute Gasteiger partial charge is 0.496 e. The number of amides is 1. The predicted octanol–water partition coefficient (Wildman–Crippen LogP) is 3.56. The Balaban J connectivity index is 1.46. The smallest absolute Gasteiger partial charge is 0.230 e. The van der Waals surface area contributed by atoms with Gasteiger partial charge in [-0.1, -0.05) is 49.2 Å². The van der Waals surface area contributed by atoms with Crippen LogP contribution in [0, 0.1) is 5.92 Å². The Morgan fingerprint density at radius 1 is 1.10 bits per heavy atom. The van der Waals surface area contributed by atoms with Crippen LogP contribution in [0.25, 0.3) is 0 Å². The zero-order valence-electron chi connectivity index (χ0n) is 17.5. The number of aliphatic hydroxyl groups is 1. The van der Waals surface area contributed by atoms with Gasteiger partial charge in [-0.15, -0.1) is 0 Å². The van der Waals surface area contributed by atoms with Gasteiger partial charge in [0.05, 0.1) is 13.7 Å². The molecule has 0 aromatic heterocycles. The number of anilines is 1. The Kier molecular flexibility index (Phi) is 5.25. The number of methoxy groups -OCH3 is 1. The highest BCUT2D eigenvalue weighted by molar-refractivity contribution is 5.97. The third-order valence-corrected chi connectivity index (χ3v) is 7.34. The van der Waals surface area contributed by atoms with Crippen molar-refractivity contribution in [1.82, 2.24) is 4.90 Å². The molecule has 1 aliphatic carbocycles. The molecule has 2 fully saturated rings. The fraction of sp³-hybridized carbons (Fsp3) is 0.480.